The molecule has 1 aliphatic carbocycles. The third-order valence-electron chi connectivity index (χ3n) is 5.76. The number of amides is 1. The number of carbonyl (C=O) groups excluding carboxylic acids is 1. The van der Waals surface area contributed by atoms with Gasteiger partial charge in [-0.15, -0.1) is 5.10 Å². The SMILES string of the molecule is COc1ccc(Cl)cc1-c1cc(C)ncc1C(=O)Nc1nnc(OCC2=C(C)C(C)C=C(F)C=C2)s1. The number of rotatable bonds is 7. The van der Waals surface area contributed by atoms with Crippen molar-refractivity contribution in [3.8, 4) is 22.1 Å². The molecule has 2 aromatic heterocycles. The van der Waals surface area contributed by atoms with Crippen molar-refractivity contribution in [2.45, 2.75) is 20.8 Å². The van der Waals surface area contributed by atoms with Gasteiger partial charge in [0.15, 0.2) is 0 Å². The van der Waals surface area contributed by atoms with Gasteiger partial charge >= 0.3 is 0 Å². The molecule has 2 heterocycles. The van der Waals surface area contributed by atoms with Crippen molar-refractivity contribution in [1.29, 1.82) is 0 Å². The molecule has 1 aromatic carbocycles. The van der Waals surface area contributed by atoms with Crippen LogP contribution in [0.2, 0.25) is 5.02 Å². The van der Waals surface area contributed by atoms with E-state index >= 15 is 0 Å². The molecule has 4 rings (SSSR count). The Hall–Kier alpha value is -3.56. The highest BCUT2D eigenvalue weighted by Gasteiger charge is 2.19. The van der Waals surface area contributed by atoms with Gasteiger partial charge in [-0.25, -0.2) is 4.39 Å². The molecule has 10 heteroatoms. The van der Waals surface area contributed by atoms with Crippen LogP contribution in [0.15, 0.2) is 65.7 Å². The summed E-state index contributed by atoms with van der Waals surface area (Å²) in [5, 5.41) is 11.8. The summed E-state index contributed by atoms with van der Waals surface area (Å²) in [6.07, 6.45) is 6.18. The molecule has 0 fully saturated rings. The summed E-state index contributed by atoms with van der Waals surface area (Å²) in [6, 6.07) is 7.00. The van der Waals surface area contributed by atoms with Crippen LogP contribution in [-0.4, -0.2) is 34.8 Å². The summed E-state index contributed by atoms with van der Waals surface area (Å²) in [5.74, 6) is -0.161. The molecule has 7 nitrogen and oxygen atoms in total. The highest BCUT2D eigenvalue weighted by Crippen LogP contribution is 2.35. The first kappa shape index (κ1) is 25.5. The predicted molar refractivity (Wildman–Crippen MR) is 140 cm³/mol. The van der Waals surface area contributed by atoms with E-state index in [1.165, 1.54) is 12.3 Å². The molecule has 0 bridgehead atoms. The lowest BCUT2D eigenvalue weighted by Crippen LogP contribution is -2.14. The largest absolute Gasteiger partial charge is 0.496 e. The number of anilines is 1. The van der Waals surface area contributed by atoms with E-state index in [0.29, 0.717) is 27.5 Å². The van der Waals surface area contributed by atoms with Gasteiger partial charge in [0.2, 0.25) is 5.13 Å². The van der Waals surface area contributed by atoms with Gasteiger partial charge in [-0.3, -0.25) is 15.1 Å². The molecule has 0 saturated carbocycles. The van der Waals surface area contributed by atoms with E-state index in [0.717, 1.165) is 28.2 Å². The highest BCUT2D eigenvalue weighted by atomic mass is 35.5. The van der Waals surface area contributed by atoms with Gasteiger partial charge in [0, 0.05) is 28.0 Å². The summed E-state index contributed by atoms with van der Waals surface area (Å²) in [4.78, 5) is 17.5. The predicted octanol–water partition coefficient (Wildman–Crippen LogP) is 6.58. The van der Waals surface area contributed by atoms with Crippen LogP contribution in [0.3, 0.4) is 0 Å². The van der Waals surface area contributed by atoms with Gasteiger partial charge in [-0.05, 0) is 73.1 Å². The van der Waals surface area contributed by atoms with E-state index in [1.54, 1.807) is 43.5 Å². The molecule has 0 spiro atoms. The molecule has 1 unspecified atom stereocenters. The van der Waals surface area contributed by atoms with Crippen molar-refractivity contribution < 1.29 is 18.7 Å². The first-order chi connectivity index (χ1) is 17.2. The summed E-state index contributed by atoms with van der Waals surface area (Å²) in [6.45, 7) is 5.91. The van der Waals surface area contributed by atoms with Gasteiger partial charge in [-0.1, -0.05) is 35.3 Å². The van der Waals surface area contributed by atoms with E-state index in [-0.39, 0.29) is 28.7 Å². The van der Waals surface area contributed by atoms with Crippen LogP contribution in [0.25, 0.3) is 11.1 Å². The number of benzene rings is 1. The Morgan fingerprint density at radius 3 is 2.78 bits per heavy atom. The number of hydrogen-bond donors (Lipinski definition) is 1. The zero-order chi connectivity index (χ0) is 25.8. The average Bonchev–Trinajstić information content (AvgIpc) is 3.25. The Kier molecular flexibility index (Phi) is 7.81. The molecule has 1 amide bonds. The zero-order valence-electron chi connectivity index (χ0n) is 20.1. The van der Waals surface area contributed by atoms with Gasteiger partial charge in [-0.2, -0.15) is 0 Å². The Morgan fingerprint density at radius 2 is 2.00 bits per heavy atom. The fourth-order valence-corrected chi connectivity index (χ4v) is 4.42. The summed E-state index contributed by atoms with van der Waals surface area (Å²) in [7, 11) is 1.55. The molecule has 0 aliphatic heterocycles. The van der Waals surface area contributed by atoms with Crippen LogP contribution in [0.4, 0.5) is 9.52 Å². The standard InChI is InChI=1S/C26H24ClFN4O3S/c1-14-9-19(28)7-5-17(16(14)3)13-35-26-32-31-25(36-26)30-24(33)22-12-29-15(2)10-20(22)21-11-18(27)6-8-23(21)34-4/h5-12,14H,13H2,1-4H3,(H,30,31,33). The number of aromatic nitrogens is 3. The van der Waals surface area contributed by atoms with Crippen LogP contribution in [0.1, 0.15) is 29.9 Å². The fourth-order valence-electron chi connectivity index (χ4n) is 3.66. The van der Waals surface area contributed by atoms with Gasteiger partial charge in [0.05, 0.1) is 12.7 Å². The monoisotopic (exact) mass is 526 g/mol. The second kappa shape index (κ2) is 11.0. The van der Waals surface area contributed by atoms with E-state index in [4.69, 9.17) is 21.1 Å². The molecule has 1 atom stereocenters. The Labute approximate surface area is 217 Å². The minimum atomic E-state index is -0.414. The molecule has 3 aromatic rings. The smallest absolute Gasteiger partial charge is 0.296 e. The van der Waals surface area contributed by atoms with Crippen LogP contribution in [0, 0.1) is 12.8 Å². The number of halogens is 2. The van der Waals surface area contributed by atoms with Crippen molar-refractivity contribution in [2.75, 3.05) is 19.0 Å². The van der Waals surface area contributed by atoms with Crippen molar-refractivity contribution >= 4 is 34.0 Å². The third kappa shape index (κ3) is 5.80. The molecule has 0 radical (unpaired) electrons. The van der Waals surface area contributed by atoms with Gasteiger partial charge < -0.3 is 9.47 Å². The second-order valence-electron chi connectivity index (χ2n) is 8.21. The van der Waals surface area contributed by atoms with Crippen LogP contribution < -0.4 is 14.8 Å². The maximum absolute atomic E-state index is 13.7. The van der Waals surface area contributed by atoms with E-state index in [2.05, 4.69) is 20.5 Å². The molecular formula is C26H24ClFN4O3S. The van der Waals surface area contributed by atoms with Crippen molar-refractivity contribution in [1.82, 2.24) is 15.2 Å². The van der Waals surface area contributed by atoms with Gasteiger partial charge in [0.1, 0.15) is 18.2 Å². The molecular weight excluding hydrogens is 503 g/mol. The molecule has 0 saturated heterocycles. The highest BCUT2D eigenvalue weighted by molar-refractivity contribution is 7.17. The van der Waals surface area contributed by atoms with Crippen LogP contribution >= 0.6 is 22.9 Å². The number of aryl methyl sites for hydroxylation is 1. The maximum atomic E-state index is 13.7. The van der Waals surface area contributed by atoms with Gasteiger partial charge in [0.25, 0.3) is 11.1 Å². The van der Waals surface area contributed by atoms with Crippen LogP contribution in [-0.2, 0) is 0 Å². The first-order valence-electron chi connectivity index (χ1n) is 11.1. The summed E-state index contributed by atoms with van der Waals surface area (Å²) >= 11 is 7.31. The lowest BCUT2D eigenvalue weighted by atomic mass is 9.98. The number of nitrogens with one attached hydrogen (secondary N) is 1. The maximum Gasteiger partial charge on any atom is 0.296 e. The quantitative estimate of drug-likeness (QED) is 0.374. The zero-order valence-corrected chi connectivity index (χ0v) is 21.7. The van der Waals surface area contributed by atoms with Crippen molar-refractivity contribution in [3.63, 3.8) is 0 Å². The fraction of sp³-hybridized carbons (Fsp3) is 0.231. The van der Waals surface area contributed by atoms with E-state index < -0.39 is 5.91 Å². The molecule has 186 valence electrons. The van der Waals surface area contributed by atoms with Crippen LogP contribution in [0.5, 0.6) is 10.9 Å². The number of nitrogens with zero attached hydrogens (tertiary/aromatic N) is 3. The molecule has 36 heavy (non-hydrogen) atoms. The number of carbonyl (C=O) groups is 1. The normalized spacial score (nSPS) is 15.4. The third-order valence-corrected chi connectivity index (χ3v) is 6.74. The van der Waals surface area contributed by atoms with Crippen molar-refractivity contribution in [2.24, 2.45) is 5.92 Å². The Bertz CT molecular complexity index is 1400. The molecule has 1 N–H and O–H groups in total. The number of methoxy groups -OCH3 is 1. The Morgan fingerprint density at radius 1 is 1.19 bits per heavy atom. The topological polar surface area (TPSA) is 86.2 Å². The second-order valence-corrected chi connectivity index (χ2v) is 9.59. The number of allylic oxidation sites excluding steroid dienone is 4. The first-order valence-corrected chi connectivity index (χ1v) is 12.3. The minimum absolute atomic E-state index is 0.0432. The Balaban J connectivity index is 1.51. The summed E-state index contributed by atoms with van der Waals surface area (Å²) < 4.78 is 25.0. The lowest BCUT2D eigenvalue weighted by Gasteiger charge is -2.13. The number of hydrogen-bond acceptors (Lipinski definition) is 7. The van der Waals surface area contributed by atoms with E-state index in [9.17, 15) is 9.18 Å². The summed E-state index contributed by atoms with van der Waals surface area (Å²) in [5.41, 5.74) is 4.22. The lowest BCUT2D eigenvalue weighted by molar-refractivity contribution is 0.102. The van der Waals surface area contributed by atoms with E-state index in [1.807, 2.05) is 20.8 Å². The molecule has 1 aliphatic rings. The minimum Gasteiger partial charge on any atom is -0.496 e. The van der Waals surface area contributed by atoms with Crippen molar-refractivity contribution in [3.05, 3.63) is 81.9 Å². The number of pyridine rings is 1. The number of ether oxygens (including phenoxy) is 2. The average molecular weight is 527 g/mol.